The molecule has 0 bridgehead atoms. The summed E-state index contributed by atoms with van der Waals surface area (Å²) in [5.41, 5.74) is 10.7. The molecule has 0 aliphatic carbocycles. The van der Waals surface area contributed by atoms with Gasteiger partial charge < -0.3 is 0 Å². The van der Waals surface area contributed by atoms with Crippen LogP contribution in [0.3, 0.4) is 0 Å². The smallest absolute Gasteiger partial charge is 0.217 e. The van der Waals surface area contributed by atoms with Crippen LogP contribution in [0.4, 0.5) is 0 Å². The average molecular weight is 448 g/mol. The van der Waals surface area contributed by atoms with Crippen molar-refractivity contribution in [3.63, 3.8) is 0 Å². The number of benzene rings is 4. The number of rotatable bonds is 4. The number of hydrogen-bond donors (Lipinski definition) is 0. The first kappa shape index (κ1) is 23.6. The Labute approximate surface area is 203 Å². The fraction of sp³-hybridized carbons (Fsp3) is 0.250. The van der Waals surface area contributed by atoms with Gasteiger partial charge in [0, 0.05) is 0 Å². The molecule has 168 valence electrons. The zero-order valence-corrected chi connectivity index (χ0v) is 22.7. The van der Waals surface area contributed by atoms with Gasteiger partial charge >= 0.3 is 0 Å². The SMILES string of the molecule is Cc1cc(C)c[c]([Al-]([c]2cc(C)cc(C)c2)([c]2cc(C)cc(C)c2)[c]2cc(C)cc(C)c2)c1. The van der Waals surface area contributed by atoms with E-state index >= 15 is 0 Å². The highest BCUT2D eigenvalue weighted by atomic mass is 27.2. The molecular weight excluding hydrogens is 411 g/mol. The molecule has 0 saturated heterocycles. The van der Waals surface area contributed by atoms with Crippen LogP contribution in [-0.2, 0) is 0 Å². The summed E-state index contributed by atoms with van der Waals surface area (Å²) in [6, 6.07) is 28.9. The second-order valence-corrected chi connectivity index (χ2v) is 14.9. The largest absolute Gasteiger partial charge is 0.267 e. The van der Waals surface area contributed by atoms with E-state index in [1.807, 2.05) is 0 Å². The van der Waals surface area contributed by atoms with Crippen LogP contribution in [0.1, 0.15) is 44.5 Å². The van der Waals surface area contributed by atoms with Crippen LogP contribution in [-0.4, -0.2) is 13.1 Å². The summed E-state index contributed by atoms with van der Waals surface area (Å²) in [4.78, 5) is 0. The molecule has 0 fully saturated rings. The van der Waals surface area contributed by atoms with E-state index in [1.54, 1.807) is 0 Å². The van der Waals surface area contributed by atoms with E-state index in [0.717, 1.165) is 0 Å². The van der Waals surface area contributed by atoms with Crippen molar-refractivity contribution in [3.8, 4) is 0 Å². The molecule has 0 aliphatic rings. The van der Waals surface area contributed by atoms with Gasteiger partial charge in [-0.25, -0.2) is 17.7 Å². The predicted molar refractivity (Wildman–Crippen MR) is 148 cm³/mol. The van der Waals surface area contributed by atoms with Crippen molar-refractivity contribution in [2.24, 2.45) is 0 Å². The number of aryl methyl sites for hydroxylation is 8. The van der Waals surface area contributed by atoms with E-state index in [4.69, 9.17) is 0 Å². The maximum absolute atomic E-state index is 2.98. The van der Waals surface area contributed by atoms with Gasteiger partial charge in [-0.2, -0.15) is 0 Å². The van der Waals surface area contributed by atoms with Gasteiger partial charge in [0.05, 0.1) is 0 Å². The molecule has 0 saturated carbocycles. The molecule has 0 spiro atoms. The highest BCUT2D eigenvalue weighted by Crippen LogP contribution is 2.17. The second kappa shape index (κ2) is 8.98. The third-order valence-corrected chi connectivity index (χ3v) is 12.3. The first-order chi connectivity index (χ1) is 15.6. The minimum atomic E-state index is -2.98. The maximum atomic E-state index is 2.46. The van der Waals surface area contributed by atoms with Crippen molar-refractivity contribution >= 4 is 30.8 Å². The van der Waals surface area contributed by atoms with Gasteiger partial charge in [-0.15, -0.1) is 48.5 Å². The molecule has 0 radical (unpaired) electrons. The molecule has 4 rings (SSSR count). The van der Waals surface area contributed by atoms with Crippen LogP contribution in [0.25, 0.3) is 0 Å². The molecule has 0 nitrogen and oxygen atoms in total. The molecule has 4 aromatic rings. The highest BCUT2D eigenvalue weighted by Gasteiger charge is 2.37. The summed E-state index contributed by atoms with van der Waals surface area (Å²) in [6.45, 7) is 17.9. The first-order valence-electron chi connectivity index (χ1n) is 12.1. The zero-order chi connectivity index (χ0) is 23.9. The molecular formula is C32H36Al-. The summed E-state index contributed by atoms with van der Waals surface area (Å²) in [7, 11) is 0. The summed E-state index contributed by atoms with van der Waals surface area (Å²) >= 11 is -2.98. The fourth-order valence-corrected chi connectivity index (χ4v) is 12.6. The lowest BCUT2D eigenvalue weighted by Crippen LogP contribution is -2.75. The lowest BCUT2D eigenvalue weighted by molar-refractivity contribution is 1.37. The predicted octanol–water partition coefficient (Wildman–Crippen LogP) is 5.53. The zero-order valence-electron chi connectivity index (χ0n) is 21.5. The summed E-state index contributed by atoms with van der Waals surface area (Å²) < 4.78 is 6.00. The van der Waals surface area contributed by atoms with Crippen LogP contribution in [0.2, 0.25) is 0 Å². The fourth-order valence-electron chi connectivity index (χ4n) is 6.19. The topological polar surface area (TPSA) is 0 Å². The molecule has 0 amide bonds. The van der Waals surface area contributed by atoms with E-state index in [1.165, 1.54) is 62.2 Å². The van der Waals surface area contributed by atoms with E-state index in [9.17, 15) is 0 Å². The van der Waals surface area contributed by atoms with Crippen LogP contribution >= 0.6 is 0 Å². The third-order valence-electron chi connectivity index (χ3n) is 6.98. The number of hydrogen-bond acceptors (Lipinski definition) is 0. The molecule has 4 aromatic carbocycles. The van der Waals surface area contributed by atoms with Crippen LogP contribution < -0.4 is 17.7 Å². The van der Waals surface area contributed by atoms with E-state index < -0.39 is 13.1 Å². The Bertz CT molecular complexity index is 1050. The summed E-state index contributed by atoms with van der Waals surface area (Å²) in [6.07, 6.45) is 0. The standard InChI is InChI=1S/4C8H9.Al/c4*1-7-4-3-5-8(2)6-7;/h4*4-6H,1-2H3;/q;;;;-1. The average Bonchev–Trinajstić information content (AvgIpc) is 2.65. The van der Waals surface area contributed by atoms with Gasteiger partial charge in [-0.05, 0) is 55.4 Å². The molecule has 0 aromatic heterocycles. The van der Waals surface area contributed by atoms with E-state index in [0.29, 0.717) is 0 Å². The third kappa shape index (κ3) is 4.59. The van der Waals surface area contributed by atoms with Crippen LogP contribution in [0.15, 0.2) is 72.8 Å². The van der Waals surface area contributed by atoms with E-state index in [2.05, 4.69) is 128 Å². The van der Waals surface area contributed by atoms with Crippen LogP contribution in [0, 0.1) is 55.4 Å². The lowest BCUT2D eigenvalue weighted by Gasteiger charge is -2.42. The minimum absolute atomic E-state index is 1.34. The minimum Gasteiger partial charge on any atom is -0.217 e. The van der Waals surface area contributed by atoms with Gasteiger partial charge in [-0.3, -0.25) is 0 Å². The van der Waals surface area contributed by atoms with E-state index in [-0.39, 0.29) is 0 Å². The molecule has 1 heteroatoms. The molecule has 0 heterocycles. The molecule has 0 N–H and O–H groups in total. The van der Waals surface area contributed by atoms with Gasteiger partial charge in [0.15, 0.2) is 0 Å². The normalized spacial score (nSPS) is 11.6. The van der Waals surface area contributed by atoms with Gasteiger partial charge in [0.1, 0.15) is 0 Å². The molecule has 33 heavy (non-hydrogen) atoms. The van der Waals surface area contributed by atoms with Gasteiger partial charge in [-0.1, -0.05) is 68.8 Å². The Kier molecular flexibility index (Phi) is 6.41. The van der Waals surface area contributed by atoms with Gasteiger partial charge in [0.25, 0.3) is 13.1 Å². The van der Waals surface area contributed by atoms with Crippen molar-refractivity contribution in [3.05, 3.63) is 117 Å². The Morgan fingerprint density at radius 1 is 0.273 bits per heavy atom. The Balaban J connectivity index is 2.28. The summed E-state index contributed by atoms with van der Waals surface area (Å²) in [5.74, 6) is 0. The maximum Gasteiger partial charge on any atom is 0.267 e. The summed E-state index contributed by atoms with van der Waals surface area (Å²) in [5, 5.41) is 0. The molecule has 0 aliphatic heterocycles. The van der Waals surface area contributed by atoms with Crippen molar-refractivity contribution in [1.82, 2.24) is 0 Å². The quantitative estimate of drug-likeness (QED) is 0.361. The van der Waals surface area contributed by atoms with Crippen molar-refractivity contribution in [2.45, 2.75) is 55.4 Å². The monoisotopic (exact) mass is 447 g/mol. The van der Waals surface area contributed by atoms with Crippen molar-refractivity contribution in [1.29, 1.82) is 0 Å². The van der Waals surface area contributed by atoms with Gasteiger partial charge in [0.2, 0.25) is 0 Å². The Hall–Kier alpha value is -2.59. The molecule has 0 atom stereocenters. The first-order valence-corrected chi connectivity index (χ1v) is 14.4. The van der Waals surface area contributed by atoms with Crippen LogP contribution in [0.5, 0.6) is 0 Å². The highest BCUT2D eigenvalue weighted by molar-refractivity contribution is 7.20. The van der Waals surface area contributed by atoms with Crippen molar-refractivity contribution < 1.29 is 0 Å². The van der Waals surface area contributed by atoms with Crippen molar-refractivity contribution in [2.75, 3.05) is 0 Å². The Morgan fingerprint density at radius 3 is 0.576 bits per heavy atom. The Morgan fingerprint density at radius 2 is 0.424 bits per heavy atom. The molecule has 0 unspecified atom stereocenters. The second-order valence-electron chi connectivity index (χ2n) is 10.6. The lowest BCUT2D eigenvalue weighted by atomic mass is 10.1.